The van der Waals surface area contributed by atoms with E-state index < -0.39 is 5.41 Å². The van der Waals surface area contributed by atoms with Gasteiger partial charge in [0.25, 0.3) is 0 Å². The lowest BCUT2D eigenvalue weighted by Crippen LogP contribution is -2.54. The van der Waals surface area contributed by atoms with E-state index in [9.17, 15) is 4.79 Å². The second-order valence-electron chi connectivity index (χ2n) is 10.7. The van der Waals surface area contributed by atoms with Gasteiger partial charge in [-0.3, -0.25) is 14.4 Å². The molecular formula is C27H33N5O3. The number of para-hydroxylation sites is 1. The SMILES string of the molecule is CC1(Cn2nc(-c3ccnc4c3C(C)(C)C(=O)N4C3CCCCO3)c3ccccc32)COCCN1. The molecule has 1 amide bonds. The Labute approximate surface area is 205 Å². The van der Waals surface area contributed by atoms with Gasteiger partial charge in [0.1, 0.15) is 17.7 Å². The fourth-order valence-corrected chi connectivity index (χ4v) is 5.80. The van der Waals surface area contributed by atoms with Crippen LogP contribution in [0.1, 0.15) is 45.6 Å². The highest BCUT2D eigenvalue weighted by Gasteiger charge is 2.50. The Morgan fingerprint density at radius 2 is 2.00 bits per heavy atom. The van der Waals surface area contributed by atoms with Crippen LogP contribution in [-0.4, -0.2) is 58.8 Å². The van der Waals surface area contributed by atoms with Crippen LogP contribution in [0.3, 0.4) is 0 Å². The van der Waals surface area contributed by atoms with Gasteiger partial charge in [-0.25, -0.2) is 4.98 Å². The summed E-state index contributed by atoms with van der Waals surface area (Å²) < 4.78 is 13.9. The topological polar surface area (TPSA) is 81.5 Å². The number of benzene rings is 1. The maximum Gasteiger partial charge on any atom is 0.240 e. The Bertz CT molecular complexity index is 1270. The van der Waals surface area contributed by atoms with Crippen molar-refractivity contribution in [3.63, 3.8) is 0 Å². The molecule has 2 atom stereocenters. The van der Waals surface area contributed by atoms with Crippen LogP contribution >= 0.6 is 0 Å². The van der Waals surface area contributed by atoms with Crippen LogP contribution in [0.2, 0.25) is 0 Å². The maximum atomic E-state index is 13.7. The Hall–Kier alpha value is -2.81. The second-order valence-corrected chi connectivity index (χ2v) is 10.7. The van der Waals surface area contributed by atoms with E-state index >= 15 is 0 Å². The average molecular weight is 476 g/mol. The van der Waals surface area contributed by atoms with Crippen LogP contribution in [0.4, 0.5) is 5.82 Å². The van der Waals surface area contributed by atoms with Gasteiger partial charge in [0.15, 0.2) is 0 Å². The summed E-state index contributed by atoms with van der Waals surface area (Å²) in [7, 11) is 0. The number of fused-ring (bicyclic) bond motifs is 2. The van der Waals surface area contributed by atoms with Gasteiger partial charge >= 0.3 is 0 Å². The molecule has 3 aliphatic rings. The van der Waals surface area contributed by atoms with Gasteiger partial charge in [0.2, 0.25) is 5.91 Å². The second kappa shape index (κ2) is 8.40. The molecule has 0 bridgehead atoms. The first-order valence-corrected chi connectivity index (χ1v) is 12.6. The zero-order valence-electron chi connectivity index (χ0n) is 20.7. The van der Waals surface area contributed by atoms with E-state index in [1.54, 1.807) is 11.1 Å². The molecule has 0 spiro atoms. The first-order valence-electron chi connectivity index (χ1n) is 12.6. The molecule has 0 aliphatic carbocycles. The Balaban J connectivity index is 1.48. The quantitative estimate of drug-likeness (QED) is 0.621. The highest BCUT2D eigenvalue weighted by molar-refractivity contribution is 6.10. The van der Waals surface area contributed by atoms with Crippen LogP contribution in [-0.2, 0) is 26.2 Å². The molecule has 2 unspecified atom stereocenters. The molecule has 3 aliphatic heterocycles. The van der Waals surface area contributed by atoms with E-state index in [0.717, 1.165) is 60.1 Å². The monoisotopic (exact) mass is 475 g/mol. The third kappa shape index (κ3) is 3.66. The number of carbonyl (C=O) groups excluding carboxylic acids is 1. The van der Waals surface area contributed by atoms with Crippen LogP contribution in [0.15, 0.2) is 36.5 Å². The largest absolute Gasteiger partial charge is 0.378 e. The number of hydrogen-bond acceptors (Lipinski definition) is 6. The molecule has 5 heterocycles. The van der Waals surface area contributed by atoms with Gasteiger partial charge in [-0.15, -0.1) is 0 Å². The number of aromatic nitrogens is 3. The highest BCUT2D eigenvalue weighted by atomic mass is 16.5. The van der Waals surface area contributed by atoms with E-state index in [-0.39, 0.29) is 17.7 Å². The standard InChI is InChI=1S/C27H33N5O3/c1-26(2)22-19(11-12-28-24(22)32(25(26)33)21-10-6-7-14-35-21)23-18-8-4-5-9-20(18)31(30-23)16-27(3)17-34-15-13-29-27/h4-5,8-9,11-12,21,29H,6-7,10,13-17H2,1-3H3. The number of morpholine rings is 1. The van der Waals surface area contributed by atoms with Gasteiger partial charge in [-0.05, 0) is 52.2 Å². The third-order valence-corrected chi connectivity index (χ3v) is 7.61. The van der Waals surface area contributed by atoms with Crippen LogP contribution in [0, 0.1) is 0 Å². The first-order chi connectivity index (χ1) is 16.9. The van der Waals surface area contributed by atoms with Gasteiger partial charge in [-0.2, -0.15) is 5.10 Å². The van der Waals surface area contributed by atoms with E-state index in [1.807, 2.05) is 32.0 Å². The summed E-state index contributed by atoms with van der Waals surface area (Å²) in [6.45, 7) is 9.72. The summed E-state index contributed by atoms with van der Waals surface area (Å²) in [5.41, 5.74) is 2.91. The van der Waals surface area contributed by atoms with Crippen molar-refractivity contribution in [3.05, 3.63) is 42.1 Å². The molecule has 6 rings (SSSR count). The molecule has 2 fully saturated rings. The molecule has 0 saturated carbocycles. The Morgan fingerprint density at radius 1 is 1.14 bits per heavy atom. The maximum absolute atomic E-state index is 13.7. The minimum absolute atomic E-state index is 0.0409. The molecule has 184 valence electrons. The lowest BCUT2D eigenvalue weighted by molar-refractivity contribution is -0.125. The average Bonchev–Trinajstić information content (AvgIpc) is 3.32. The first kappa shape index (κ1) is 22.6. The Kier molecular flexibility index (Phi) is 5.43. The molecule has 3 aromatic rings. The molecule has 2 aromatic heterocycles. The van der Waals surface area contributed by atoms with Gasteiger partial charge in [0.05, 0.1) is 36.2 Å². The van der Waals surface area contributed by atoms with Crippen molar-refractivity contribution >= 4 is 22.6 Å². The number of nitrogens with zero attached hydrogens (tertiary/aromatic N) is 4. The number of rotatable bonds is 4. The van der Waals surface area contributed by atoms with Crippen molar-refractivity contribution in [1.29, 1.82) is 0 Å². The summed E-state index contributed by atoms with van der Waals surface area (Å²) >= 11 is 0. The number of hydrogen-bond donors (Lipinski definition) is 1. The van der Waals surface area contributed by atoms with Crippen LogP contribution in [0.25, 0.3) is 22.2 Å². The summed E-state index contributed by atoms with van der Waals surface area (Å²) in [5.74, 6) is 0.747. The number of nitrogens with one attached hydrogen (secondary N) is 1. The zero-order chi connectivity index (χ0) is 24.2. The van der Waals surface area contributed by atoms with Gasteiger partial charge in [-0.1, -0.05) is 18.2 Å². The highest BCUT2D eigenvalue weighted by Crippen LogP contribution is 2.47. The number of amides is 1. The normalized spacial score (nSPS) is 26.3. The summed E-state index contributed by atoms with van der Waals surface area (Å²) in [6.07, 6.45) is 4.45. The Morgan fingerprint density at radius 3 is 2.77 bits per heavy atom. The van der Waals surface area contributed by atoms with Crippen molar-refractivity contribution < 1.29 is 14.3 Å². The molecule has 2 saturated heterocycles. The molecule has 1 N–H and O–H groups in total. The molecule has 8 heteroatoms. The minimum atomic E-state index is -0.727. The van der Waals surface area contributed by atoms with Gasteiger partial charge < -0.3 is 14.8 Å². The van der Waals surface area contributed by atoms with Crippen LogP contribution < -0.4 is 10.2 Å². The van der Waals surface area contributed by atoms with Crippen molar-refractivity contribution in [2.75, 3.05) is 31.3 Å². The summed E-state index contributed by atoms with van der Waals surface area (Å²) in [6, 6.07) is 10.3. The number of carbonyl (C=O) groups is 1. The fourth-order valence-electron chi connectivity index (χ4n) is 5.80. The number of anilines is 1. The lowest BCUT2D eigenvalue weighted by Gasteiger charge is -2.34. The lowest BCUT2D eigenvalue weighted by atomic mass is 9.83. The predicted molar refractivity (Wildman–Crippen MR) is 134 cm³/mol. The third-order valence-electron chi connectivity index (χ3n) is 7.61. The zero-order valence-corrected chi connectivity index (χ0v) is 20.7. The van der Waals surface area contributed by atoms with Gasteiger partial charge in [0, 0.05) is 35.9 Å². The van der Waals surface area contributed by atoms with Crippen molar-refractivity contribution in [1.82, 2.24) is 20.1 Å². The smallest absolute Gasteiger partial charge is 0.240 e. The van der Waals surface area contributed by atoms with Crippen LogP contribution in [0.5, 0.6) is 0 Å². The summed E-state index contributed by atoms with van der Waals surface area (Å²) in [4.78, 5) is 20.2. The molecule has 8 nitrogen and oxygen atoms in total. The number of pyridine rings is 1. The van der Waals surface area contributed by atoms with Crippen molar-refractivity contribution in [3.8, 4) is 11.3 Å². The van der Waals surface area contributed by atoms with E-state index in [4.69, 9.17) is 19.6 Å². The molecule has 0 radical (unpaired) electrons. The molecule has 1 aromatic carbocycles. The van der Waals surface area contributed by atoms with Crippen molar-refractivity contribution in [2.45, 2.75) is 63.8 Å². The van der Waals surface area contributed by atoms with E-state index in [2.05, 4.69) is 29.1 Å². The van der Waals surface area contributed by atoms with E-state index in [0.29, 0.717) is 25.6 Å². The molecule has 35 heavy (non-hydrogen) atoms. The minimum Gasteiger partial charge on any atom is -0.378 e. The van der Waals surface area contributed by atoms with Crippen molar-refractivity contribution in [2.24, 2.45) is 0 Å². The molecular weight excluding hydrogens is 442 g/mol. The fraction of sp³-hybridized carbons (Fsp3) is 0.519. The predicted octanol–water partition coefficient (Wildman–Crippen LogP) is 3.63. The number of ether oxygens (including phenoxy) is 2. The van der Waals surface area contributed by atoms with E-state index in [1.165, 1.54) is 0 Å². The summed E-state index contributed by atoms with van der Waals surface area (Å²) in [5, 5.41) is 9.80.